The van der Waals surface area contributed by atoms with Gasteiger partial charge < -0.3 is 4.90 Å². The largest absolute Gasteiger partial charge is 0.333 e. The minimum atomic E-state index is 0.0799. The van der Waals surface area contributed by atoms with E-state index in [1.54, 1.807) is 4.68 Å². The quantitative estimate of drug-likeness (QED) is 0.670. The summed E-state index contributed by atoms with van der Waals surface area (Å²) >= 11 is 0. The number of amides is 1. The van der Waals surface area contributed by atoms with Gasteiger partial charge >= 0.3 is 0 Å². The molecule has 2 aliphatic rings. The fraction of sp³-hybridized carbons (Fsp3) is 0.364. The van der Waals surface area contributed by atoms with E-state index in [0.717, 1.165) is 31.7 Å². The van der Waals surface area contributed by atoms with Crippen LogP contribution in [0.25, 0.3) is 5.69 Å². The number of tetrazole rings is 1. The molecule has 1 amide bonds. The van der Waals surface area contributed by atoms with E-state index in [1.807, 2.05) is 30.3 Å². The molecule has 148 valence electrons. The summed E-state index contributed by atoms with van der Waals surface area (Å²) in [5.41, 5.74) is 2.74. The third kappa shape index (κ3) is 3.91. The van der Waals surface area contributed by atoms with Gasteiger partial charge in [0.25, 0.3) is 5.91 Å². The maximum atomic E-state index is 13.5. The molecule has 0 bridgehead atoms. The van der Waals surface area contributed by atoms with Crippen LogP contribution in [0.2, 0.25) is 0 Å². The lowest BCUT2D eigenvalue weighted by molar-refractivity contribution is 0.0437. The zero-order chi connectivity index (χ0) is 19.6. The second kappa shape index (κ2) is 7.75. The number of hydrogen-bond donors (Lipinski definition) is 0. The molecule has 7 nitrogen and oxygen atoms in total. The molecule has 29 heavy (non-hydrogen) atoms. The molecule has 2 fully saturated rings. The normalized spacial score (nSPS) is 20.0. The van der Waals surface area contributed by atoms with Crippen LogP contribution in [0.1, 0.15) is 28.8 Å². The van der Waals surface area contributed by atoms with Gasteiger partial charge in [-0.3, -0.25) is 9.69 Å². The topological polar surface area (TPSA) is 67.2 Å². The van der Waals surface area contributed by atoms with Crippen molar-refractivity contribution in [2.45, 2.75) is 31.3 Å². The molecule has 1 saturated carbocycles. The Bertz CT molecular complexity index is 970. The van der Waals surface area contributed by atoms with E-state index < -0.39 is 0 Å². The lowest BCUT2D eigenvalue weighted by Crippen LogP contribution is -2.56. The van der Waals surface area contributed by atoms with Crippen LogP contribution >= 0.6 is 0 Å². The van der Waals surface area contributed by atoms with Crippen molar-refractivity contribution in [1.29, 1.82) is 0 Å². The van der Waals surface area contributed by atoms with Crippen LogP contribution in [0.4, 0.5) is 0 Å². The van der Waals surface area contributed by atoms with Crippen LogP contribution < -0.4 is 0 Å². The molecule has 1 aliphatic carbocycles. The summed E-state index contributed by atoms with van der Waals surface area (Å²) in [6.45, 7) is 2.66. The van der Waals surface area contributed by atoms with Gasteiger partial charge in [-0.05, 0) is 53.5 Å². The summed E-state index contributed by atoms with van der Waals surface area (Å²) in [6, 6.07) is 18.9. The summed E-state index contributed by atoms with van der Waals surface area (Å²) in [5.74, 6) is 0.0799. The average Bonchev–Trinajstić information content (AvgIpc) is 3.48. The number of aromatic nitrogens is 4. The summed E-state index contributed by atoms with van der Waals surface area (Å²) in [4.78, 5) is 18.1. The molecule has 1 aliphatic heterocycles. The molecule has 2 aromatic carbocycles. The number of hydrogen-bond acceptors (Lipinski definition) is 5. The van der Waals surface area contributed by atoms with Gasteiger partial charge in [-0.1, -0.05) is 36.4 Å². The second-order valence-corrected chi connectivity index (χ2v) is 7.87. The number of piperazine rings is 1. The van der Waals surface area contributed by atoms with Gasteiger partial charge in [-0.25, -0.2) is 4.68 Å². The van der Waals surface area contributed by atoms with E-state index in [-0.39, 0.29) is 11.9 Å². The third-order valence-corrected chi connectivity index (χ3v) is 5.86. The number of benzene rings is 2. The molecule has 0 spiro atoms. The first-order chi connectivity index (χ1) is 14.3. The standard InChI is InChI=1S/C22H24N6O/c29-22(18-7-4-8-20(14-18)28-16-23-24-25-28)27-12-11-26(19-9-10-19)15-21(27)13-17-5-2-1-3-6-17/h1-8,14,16,19,21H,9-13,15H2. The first-order valence-corrected chi connectivity index (χ1v) is 10.2. The van der Waals surface area contributed by atoms with Crippen LogP contribution in [0.5, 0.6) is 0 Å². The van der Waals surface area contributed by atoms with Gasteiger partial charge in [0.15, 0.2) is 0 Å². The molecule has 1 unspecified atom stereocenters. The first kappa shape index (κ1) is 18.0. The fourth-order valence-corrected chi connectivity index (χ4v) is 4.21. The van der Waals surface area contributed by atoms with Gasteiger partial charge in [0.2, 0.25) is 0 Å². The van der Waals surface area contributed by atoms with Crippen molar-refractivity contribution < 1.29 is 4.79 Å². The zero-order valence-corrected chi connectivity index (χ0v) is 16.3. The van der Waals surface area contributed by atoms with Gasteiger partial charge in [-0.15, -0.1) is 5.10 Å². The Labute approximate surface area is 169 Å². The van der Waals surface area contributed by atoms with Crippen LogP contribution in [0.3, 0.4) is 0 Å². The second-order valence-electron chi connectivity index (χ2n) is 7.87. The molecule has 7 heteroatoms. The lowest BCUT2D eigenvalue weighted by Gasteiger charge is -2.42. The minimum absolute atomic E-state index is 0.0799. The molecule has 1 saturated heterocycles. The van der Waals surface area contributed by atoms with Crippen molar-refractivity contribution in [2.24, 2.45) is 0 Å². The van der Waals surface area contributed by atoms with Gasteiger partial charge in [0.1, 0.15) is 6.33 Å². The van der Waals surface area contributed by atoms with E-state index in [1.165, 1.54) is 24.7 Å². The smallest absolute Gasteiger partial charge is 0.254 e. The fourth-order valence-electron chi connectivity index (χ4n) is 4.21. The van der Waals surface area contributed by atoms with E-state index >= 15 is 0 Å². The highest BCUT2D eigenvalue weighted by Crippen LogP contribution is 2.30. The minimum Gasteiger partial charge on any atom is -0.333 e. The summed E-state index contributed by atoms with van der Waals surface area (Å²) < 4.78 is 1.57. The van der Waals surface area contributed by atoms with Crippen molar-refractivity contribution in [2.75, 3.05) is 19.6 Å². The number of carbonyl (C=O) groups excluding carboxylic acids is 1. The number of nitrogens with zero attached hydrogens (tertiary/aromatic N) is 6. The van der Waals surface area contributed by atoms with Crippen LogP contribution in [-0.4, -0.2) is 67.6 Å². The Kier molecular flexibility index (Phi) is 4.81. The Balaban J connectivity index is 1.39. The van der Waals surface area contributed by atoms with E-state index in [0.29, 0.717) is 11.6 Å². The molecular weight excluding hydrogens is 364 g/mol. The van der Waals surface area contributed by atoms with Gasteiger partial charge in [0, 0.05) is 37.3 Å². The predicted octanol–water partition coefficient (Wildman–Crippen LogP) is 2.19. The van der Waals surface area contributed by atoms with Crippen LogP contribution in [0, 0.1) is 0 Å². The summed E-state index contributed by atoms with van der Waals surface area (Å²) in [5, 5.41) is 11.3. The summed E-state index contributed by atoms with van der Waals surface area (Å²) in [7, 11) is 0. The maximum absolute atomic E-state index is 13.5. The van der Waals surface area contributed by atoms with Crippen molar-refractivity contribution in [3.05, 3.63) is 72.1 Å². The van der Waals surface area contributed by atoms with Crippen molar-refractivity contribution >= 4 is 5.91 Å². The predicted molar refractivity (Wildman–Crippen MR) is 109 cm³/mol. The molecular formula is C22H24N6O. The highest BCUT2D eigenvalue weighted by Gasteiger charge is 2.37. The van der Waals surface area contributed by atoms with Crippen molar-refractivity contribution in [3.63, 3.8) is 0 Å². The maximum Gasteiger partial charge on any atom is 0.254 e. The third-order valence-electron chi connectivity index (χ3n) is 5.86. The Morgan fingerprint density at radius 3 is 2.66 bits per heavy atom. The lowest BCUT2D eigenvalue weighted by atomic mass is 10.0. The number of carbonyl (C=O) groups is 1. The molecule has 0 N–H and O–H groups in total. The van der Waals surface area contributed by atoms with Crippen LogP contribution in [-0.2, 0) is 6.42 Å². The monoisotopic (exact) mass is 388 g/mol. The van der Waals surface area contributed by atoms with E-state index in [4.69, 9.17) is 0 Å². The Morgan fingerprint density at radius 1 is 1.03 bits per heavy atom. The van der Waals surface area contributed by atoms with Gasteiger partial charge in [-0.2, -0.15) is 0 Å². The average molecular weight is 388 g/mol. The first-order valence-electron chi connectivity index (χ1n) is 10.2. The molecule has 3 aromatic rings. The van der Waals surface area contributed by atoms with Crippen molar-refractivity contribution in [3.8, 4) is 5.69 Å². The van der Waals surface area contributed by atoms with Gasteiger partial charge in [0.05, 0.1) is 5.69 Å². The molecule has 0 radical (unpaired) electrons. The van der Waals surface area contributed by atoms with E-state index in [2.05, 4.69) is 49.6 Å². The van der Waals surface area contributed by atoms with E-state index in [9.17, 15) is 4.79 Å². The SMILES string of the molecule is O=C(c1cccc(-n2cnnn2)c1)N1CCN(C2CC2)CC1Cc1ccccc1. The zero-order valence-electron chi connectivity index (χ0n) is 16.3. The highest BCUT2D eigenvalue weighted by atomic mass is 16.2. The Morgan fingerprint density at radius 2 is 1.90 bits per heavy atom. The molecule has 1 atom stereocenters. The molecule has 1 aromatic heterocycles. The molecule has 5 rings (SSSR count). The van der Waals surface area contributed by atoms with Crippen LogP contribution in [0.15, 0.2) is 60.9 Å². The number of rotatable bonds is 5. The highest BCUT2D eigenvalue weighted by molar-refractivity contribution is 5.95. The molecule has 2 heterocycles. The Hall–Kier alpha value is -3.06. The summed E-state index contributed by atoms with van der Waals surface area (Å²) in [6.07, 6.45) is 5.00. The van der Waals surface area contributed by atoms with Crippen molar-refractivity contribution in [1.82, 2.24) is 30.0 Å².